The predicted octanol–water partition coefficient (Wildman–Crippen LogP) is 1.34. The zero-order chi connectivity index (χ0) is 8.60. The van der Waals surface area contributed by atoms with E-state index in [0.29, 0.717) is 0 Å². The monoisotopic (exact) mass is 271 g/mol. The molecule has 1 aromatic heterocycles. The van der Waals surface area contributed by atoms with Crippen LogP contribution in [0.25, 0.3) is 12.2 Å². The molecule has 0 spiro atoms. The molecule has 1 aliphatic rings. The third kappa shape index (κ3) is 1.48. The van der Waals surface area contributed by atoms with E-state index in [1.54, 1.807) is 0 Å². The van der Waals surface area contributed by atoms with Crippen molar-refractivity contribution in [2.75, 3.05) is 0 Å². The number of halogens is 1. The zero-order valence-electron chi connectivity index (χ0n) is 6.84. The Morgan fingerprint density at radius 1 is 1.50 bits per heavy atom. The van der Waals surface area contributed by atoms with Crippen LogP contribution in [0.3, 0.4) is 0 Å². The van der Waals surface area contributed by atoms with Gasteiger partial charge >= 0.3 is 0 Å². The van der Waals surface area contributed by atoms with E-state index in [1.165, 1.54) is 10.6 Å². The fourth-order valence-corrected chi connectivity index (χ4v) is 1.89. The Labute approximate surface area is 85.0 Å². The first kappa shape index (κ1) is 8.10. The Kier molecular flexibility index (Phi) is 1.87. The lowest BCUT2D eigenvalue weighted by atomic mass is 10.1. The second-order valence-corrected chi connectivity index (χ2v) is 5.49. The van der Waals surface area contributed by atoms with Crippen LogP contribution in [0.4, 0.5) is 0 Å². The minimum atomic E-state index is 0.141. The lowest BCUT2D eigenvalue weighted by Crippen LogP contribution is -2.24. The maximum Gasteiger partial charge on any atom is 0.0564 e. The van der Waals surface area contributed by atoms with Crippen molar-refractivity contribution < 1.29 is 0 Å². The second-order valence-electron chi connectivity index (χ2n) is 3.17. The predicted molar refractivity (Wildman–Crippen MR) is 60.5 cm³/mol. The minimum absolute atomic E-state index is 0.141. The van der Waals surface area contributed by atoms with Gasteiger partial charge in [-0.3, -0.25) is 0 Å². The van der Waals surface area contributed by atoms with E-state index in [-0.39, 0.29) is 3.42 Å². The summed E-state index contributed by atoms with van der Waals surface area (Å²) in [5, 5.41) is 2.49. The Morgan fingerprint density at radius 2 is 2.33 bits per heavy atom. The maximum absolute atomic E-state index is 3.19. The van der Waals surface area contributed by atoms with Crippen molar-refractivity contribution in [3.63, 3.8) is 0 Å². The van der Waals surface area contributed by atoms with E-state index in [1.807, 2.05) is 6.20 Å². The van der Waals surface area contributed by atoms with E-state index in [4.69, 9.17) is 0 Å². The van der Waals surface area contributed by atoms with Crippen LogP contribution < -0.4 is 10.6 Å². The van der Waals surface area contributed by atoms with Gasteiger partial charge in [-0.05, 0) is 24.3 Å². The molecule has 62 valence electrons. The normalized spacial score (nSPS) is 26.8. The summed E-state index contributed by atoms with van der Waals surface area (Å²) in [6.45, 7) is 2.19. The highest BCUT2D eigenvalue weighted by Gasteiger charge is 2.12. The highest BCUT2D eigenvalue weighted by Crippen LogP contribution is 2.21. The molecular formula is C10H10IN. The topological polar surface area (TPSA) is 15.8 Å². The molecule has 1 aliphatic carbocycles. The molecular weight excluding hydrogens is 261 g/mol. The zero-order valence-corrected chi connectivity index (χ0v) is 9.00. The van der Waals surface area contributed by atoms with Gasteiger partial charge in [-0.25, -0.2) is 0 Å². The van der Waals surface area contributed by atoms with Gasteiger partial charge in [-0.1, -0.05) is 40.8 Å². The average molecular weight is 271 g/mol. The van der Waals surface area contributed by atoms with Crippen LogP contribution in [0.5, 0.6) is 0 Å². The van der Waals surface area contributed by atoms with Crippen LogP contribution in [0.2, 0.25) is 0 Å². The Morgan fingerprint density at radius 3 is 3.17 bits per heavy atom. The summed E-state index contributed by atoms with van der Waals surface area (Å²) in [6, 6.07) is 2.11. The minimum Gasteiger partial charge on any atom is -0.361 e. The quantitative estimate of drug-likeness (QED) is 0.541. The molecule has 1 nitrogen and oxygen atoms in total. The smallest absolute Gasteiger partial charge is 0.0564 e. The third-order valence-corrected chi connectivity index (χ3v) is 2.61. The van der Waals surface area contributed by atoms with Gasteiger partial charge in [-0.15, -0.1) is 0 Å². The summed E-state index contributed by atoms with van der Waals surface area (Å²) < 4.78 is 0.141. The molecule has 1 heterocycles. The molecule has 0 saturated carbocycles. The summed E-state index contributed by atoms with van der Waals surface area (Å²) >= 11 is 2.43. The Bertz CT molecular complexity index is 423. The summed E-state index contributed by atoms with van der Waals surface area (Å²) in [4.78, 5) is 3.19. The number of allylic oxidation sites excluding steroid dienone is 2. The second kappa shape index (κ2) is 2.76. The lowest BCUT2D eigenvalue weighted by molar-refractivity contribution is 1.12. The standard InChI is InChI=1S/C10H10IN/c1-10(11)5-2-3-9-8(7-10)4-6-12-9/h2-7,12H,1H3. The van der Waals surface area contributed by atoms with E-state index in [2.05, 4.69) is 64.9 Å². The summed E-state index contributed by atoms with van der Waals surface area (Å²) in [5.74, 6) is 0. The largest absolute Gasteiger partial charge is 0.361 e. The van der Waals surface area contributed by atoms with Gasteiger partial charge in [0.2, 0.25) is 0 Å². The highest BCUT2D eigenvalue weighted by atomic mass is 127. The van der Waals surface area contributed by atoms with Crippen molar-refractivity contribution in [1.82, 2.24) is 4.98 Å². The molecule has 12 heavy (non-hydrogen) atoms. The molecule has 1 unspecified atom stereocenters. The molecule has 0 aromatic carbocycles. The number of H-pyrrole nitrogens is 1. The molecule has 0 amide bonds. The molecule has 0 fully saturated rings. The van der Waals surface area contributed by atoms with Crippen LogP contribution in [-0.4, -0.2) is 8.41 Å². The molecule has 0 bridgehead atoms. The maximum atomic E-state index is 3.19. The number of nitrogens with one attached hydrogen (secondary N) is 1. The van der Waals surface area contributed by atoms with E-state index < -0.39 is 0 Å². The number of alkyl halides is 1. The van der Waals surface area contributed by atoms with Gasteiger partial charge in [0.1, 0.15) is 0 Å². The number of aromatic amines is 1. The Hall–Kier alpha value is -0.510. The summed E-state index contributed by atoms with van der Waals surface area (Å²) in [5.41, 5.74) is 0. The van der Waals surface area contributed by atoms with E-state index in [9.17, 15) is 0 Å². The van der Waals surface area contributed by atoms with Crippen LogP contribution >= 0.6 is 22.6 Å². The van der Waals surface area contributed by atoms with Gasteiger partial charge in [-0.2, -0.15) is 0 Å². The first-order chi connectivity index (χ1) is 5.67. The van der Waals surface area contributed by atoms with E-state index >= 15 is 0 Å². The molecule has 0 aliphatic heterocycles. The fraction of sp³-hybridized carbons (Fsp3) is 0.200. The summed E-state index contributed by atoms with van der Waals surface area (Å²) in [7, 11) is 0. The SMILES string of the molecule is CC1(I)C=CC=c2[nH]ccc2=C1. The van der Waals surface area contributed by atoms with Gasteiger partial charge < -0.3 is 4.98 Å². The van der Waals surface area contributed by atoms with E-state index in [0.717, 1.165) is 0 Å². The first-order valence-corrected chi connectivity index (χ1v) is 5.00. The molecule has 1 aromatic rings. The number of hydrogen-bond acceptors (Lipinski definition) is 0. The number of hydrogen-bond donors (Lipinski definition) is 1. The van der Waals surface area contributed by atoms with Crippen LogP contribution in [0, 0.1) is 0 Å². The fourth-order valence-electron chi connectivity index (χ4n) is 1.35. The molecule has 0 saturated heterocycles. The van der Waals surface area contributed by atoms with Gasteiger partial charge in [0.15, 0.2) is 0 Å². The number of fused-ring (bicyclic) bond motifs is 1. The lowest BCUT2D eigenvalue weighted by Gasteiger charge is -2.09. The number of rotatable bonds is 0. The molecule has 0 radical (unpaired) electrons. The average Bonchev–Trinajstić information content (AvgIpc) is 2.31. The van der Waals surface area contributed by atoms with Gasteiger partial charge in [0.25, 0.3) is 0 Å². The van der Waals surface area contributed by atoms with Crippen LogP contribution in [-0.2, 0) is 0 Å². The molecule has 2 heteroatoms. The third-order valence-electron chi connectivity index (χ3n) is 1.94. The molecule has 1 N–H and O–H groups in total. The van der Waals surface area contributed by atoms with Crippen LogP contribution in [0.15, 0.2) is 24.4 Å². The van der Waals surface area contributed by atoms with Crippen molar-refractivity contribution in [1.29, 1.82) is 0 Å². The van der Waals surface area contributed by atoms with Crippen molar-refractivity contribution in [2.24, 2.45) is 0 Å². The van der Waals surface area contributed by atoms with Crippen LogP contribution in [0.1, 0.15) is 6.92 Å². The molecule has 2 rings (SSSR count). The Balaban J connectivity index is 2.75. The summed E-state index contributed by atoms with van der Waals surface area (Å²) in [6.07, 6.45) is 10.6. The first-order valence-electron chi connectivity index (χ1n) is 3.92. The molecule has 1 atom stereocenters. The van der Waals surface area contributed by atoms with Gasteiger partial charge in [0.05, 0.1) is 3.42 Å². The van der Waals surface area contributed by atoms with Crippen molar-refractivity contribution in [3.8, 4) is 0 Å². The number of aromatic nitrogens is 1. The van der Waals surface area contributed by atoms with Crippen molar-refractivity contribution >= 4 is 34.7 Å². The van der Waals surface area contributed by atoms with Gasteiger partial charge in [0, 0.05) is 11.5 Å². The van der Waals surface area contributed by atoms with Crippen molar-refractivity contribution in [2.45, 2.75) is 10.3 Å². The highest BCUT2D eigenvalue weighted by molar-refractivity contribution is 14.1. The van der Waals surface area contributed by atoms with Crippen molar-refractivity contribution in [3.05, 3.63) is 35.0 Å².